The standard InChI is InChI=1S/C33H39N3O6/c1-5-19-34(23-11-9-8-10-12-23)30(38)27-26-17-18-33(42-26)28(27)31(39)36(22(7-3)21-37)29(33)32(40)35(20-6-2)24-13-15-25(41-4)16-14-24/h5-6,8-16,22,26-29,37H,1-2,7,17-21H2,3-4H3/t22-,26-,27+,28-,29?,33?/m0/s1. The van der Waals surface area contributed by atoms with E-state index in [2.05, 4.69) is 13.2 Å². The van der Waals surface area contributed by atoms with Gasteiger partial charge in [0.15, 0.2) is 0 Å². The molecule has 0 saturated carbocycles. The number of anilines is 2. The van der Waals surface area contributed by atoms with Crippen molar-refractivity contribution in [3.05, 3.63) is 79.9 Å². The number of aliphatic hydroxyl groups is 1. The van der Waals surface area contributed by atoms with Crippen molar-refractivity contribution in [3.63, 3.8) is 0 Å². The average molecular weight is 574 g/mol. The van der Waals surface area contributed by atoms with E-state index in [-0.39, 0.29) is 37.4 Å². The maximum Gasteiger partial charge on any atom is 0.253 e. The van der Waals surface area contributed by atoms with Crippen molar-refractivity contribution < 1.29 is 29.0 Å². The van der Waals surface area contributed by atoms with Gasteiger partial charge in [-0.15, -0.1) is 13.2 Å². The molecule has 0 radical (unpaired) electrons. The average Bonchev–Trinajstić information content (AvgIpc) is 3.67. The Balaban J connectivity index is 1.58. The molecule has 222 valence electrons. The fraction of sp³-hybridized carbons (Fsp3) is 0.424. The van der Waals surface area contributed by atoms with E-state index in [1.54, 1.807) is 53.3 Å². The molecular weight excluding hydrogens is 534 g/mol. The van der Waals surface area contributed by atoms with E-state index < -0.39 is 35.6 Å². The number of fused-ring (bicyclic) bond motifs is 1. The second-order valence-electron chi connectivity index (χ2n) is 11.1. The number of ether oxygens (including phenoxy) is 2. The zero-order valence-electron chi connectivity index (χ0n) is 24.2. The van der Waals surface area contributed by atoms with Gasteiger partial charge < -0.3 is 29.3 Å². The summed E-state index contributed by atoms with van der Waals surface area (Å²) in [5.74, 6) is -1.85. The van der Waals surface area contributed by atoms with Crippen LogP contribution in [0, 0.1) is 11.8 Å². The number of amides is 3. The molecule has 1 spiro atoms. The van der Waals surface area contributed by atoms with Crippen molar-refractivity contribution >= 4 is 29.1 Å². The molecule has 9 heteroatoms. The summed E-state index contributed by atoms with van der Waals surface area (Å²) in [6.07, 6.45) is 4.24. The highest BCUT2D eigenvalue weighted by Gasteiger charge is 2.75. The number of hydrogen-bond acceptors (Lipinski definition) is 6. The predicted octanol–water partition coefficient (Wildman–Crippen LogP) is 3.58. The topological polar surface area (TPSA) is 99.6 Å². The molecule has 3 aliphatic rings. The lowest BCUT2D eigenvalue weighted by Crippen LogP contribution is -2.59. The first-order valence-electron chi connectivity index (χ1n) is 14.5. The van der Waals surface area contributed by atoms with Gasteiger partial charge in [-0.05, 0) is 55.7 Å². The van der Waals surface area contributed by atoms with Crippen molar-refractivity contribution in [2.45, 2.75) is 50.0 Å². The Morgan fingerprint density at radius 2 is 1.69 bits per heavy atom. The highest BCUT2D eigenvalue weighted by molar-refractivity contribution is 6.06. The van der Waals surface area contributed by atoms with Gasteiger partial charge in [-0.25, -0.2) is 0 Å². The maximum atomic E-state index is 14.6. The first-order chi connectivity index (χ1) is 20.4. The van der Waals surface area contributed by atoms with E-state index in [1.807, 2.05) is 37.3 Å². The first kappa shape index (κ1) is 29.5. The third kappa shape index (κ3) is 4.70. The number of hydrogen-bond donors (Lipinski definition) is 1. The Morgan fingerprint density at radius 3 is 2.26 bits per heavy atom. The van der Waals surface area contributed by atoms with Crippen LogP contribution in [0.5, 0.6) is 5.75 Å². The summed E-state index contributed by atoms with van der Waals surface area (Å²) in [5.41, 5.74) is 0.128. The molecule has 42 heavy (non-hydrogen) atoms. The van der Waals surface area contributed by atoms with E-state index in [9.17, 15) is 19.5 Å². The lowest BCUT2D eigenvalue weighted by molar-refractivity contribution is -0.144. The SMILES string of the molecule is C=CCN(C(=O)C1N([C@@H](CC)CO)C(=O)[C@@H]2[C@H](C(=O)N(CC=C)c3ccccc3)[C@@H]3CCC12O3)c1ccc(OC)cc1. The van der Waals surface area contributed by atoms with E-state index in [4.69, 9.17) is 9.47 Å². The molecule has 3 amide bonds. The van der Waals surface area contributed by atoms with Crippen LogP contribution in [-0.2, 0) is 19.1 Å². The molecule has 9 nitrogen and oxygen atoms in total. The van der Waals surface area contributed by atoms with Crippen LogP contribution in [-0.4, -0.2) is 78.3 Å². The number of para-hydroxylation sites is 1. The van der Waals surface area contributed by atoms with Crippen molar-refractivity contribution in [2.24, 2.45) is 11.8 Å². The van der Waals surface area contributed by atoms with E-state index in [0.717, 1.165) is 0 Å². The summed E-state index contributed by atoms with van der Waals surface area (Å²) in [5, 5.41) is 10.4. The van der Waals surface area contributed by atoms with E-state index >= 15 is 0 Å². The Hall–Kier alpha value is -3.95. The number of aliphatic hydroxyl groups excluding tert-OH is 1. The Labute approximate surface area is 247 Å². The molecule has 2 bridgehead atoms. The summed E-state index contributed by atoms with van der Waals surface area (Å²) in [4.78, 5) is 48.0. The predicted molar refractivity (Wildman–Crippen MR) is 160 cm³/mol. The monoisotopic (exact) mass is 573 g/mol. The number of likely N-dealkylation sites (tertiary alicyclic amines) is 1. The highest BCUT2D eigenvalue weighted by atomic mass is 16.5. The number of benzene rings is 2. The summed E-state index contributed by atoms with van der Waals surface area (Å²) in [6, 6.07) is 14.8. The number of carbonyl (C=O) groups is 3. The molecule has 2 aromatic carbocycles. The molecule has 3 saturated heterocycles. The minimum atomic E-state index is -1.19. The molecule has 0 aliphatic carbocycles. The lowest BCUT2D eigenvalue weighted by atomic mass is 9.70. The number of nitrogens with zero attached hydrogens (tertiary/aromatic N) is 3. The molecule has 0 aromatic heterocycles. The van der Waals surface area contributed by atoms with Crippen molar-refractivity contribution in [2.75, 3.05) is 36.6 Å². The second kappa shape index (κ2) is 12.1. The number of methoxy groups -OCH3 is 1. The number of carbonyl (C=O) groups excluding carboxylic acids is 3. The van der Waals surface area contributed by atoms with Gasteiger partial charge in [-0.3, -0.25) is 14.4 Å². The van der Waals surface area contributed by atoms with Gasteiger partial charge in [0, 0.05) is 24.5 Å². The fourth-order valence-corrected chi connectivity index (χ4v) is 7.06. The van der Waals surface area contributed by atoms with Crippen molar-refractivity contribution in [1.29, 1.82) is 0 Å². The van der Waals surface area contributed by atoms with E-state index in [0.29, 0.717) is 36.4 Å². The smallest absolute Gasteiger partial charge is 0.253 e. The molecule has 3 fully saturated rings. The van der Waals surface area contributed by atoms with Crippen LogP contribution >= 0.6 is 0 Å². The van der Waals surface area contributed by atoms with Crippen LogP contribution < -0.4 is 14.5 Å². The Kier molecular flexibility index (Phi) is 8.52. The third-order valence-electron chi connectivity index (χ3n) is 8.94. The molecule has 1 N–H and O–H groups in total. The van der Waals surface area contributed by atoms with Gasteiger partial charge in [-0.2, -0.15) is 0 Å². The second-order valence-corrected chi connectivity index (χ2v) is 11.1. The van der Waals surface area contributed by atoms with Gasteiger partial charge in [0.1, 0.15) is 17.4 Å². The highest BCUT2D eigenvalue weighted by Crippen LogP contribution is 2.59. The third-order valence-corrected chi connectivity index (χ3v) is 8.94. The molecule has 5 rings (SSSR count). The molecule has 3 heterocycles. The van der Waals surface area contributed by atoms with Gasteiger partial charge >= 0.3 is 0 Å². The van der Waals surface area contributed by atoms with Gasteiger partial charge in [0.05, 0.1) is 37.7 Å². The van der Waals surface area contributed by atoms with Crippen LogP contribution in [0.3, 0.4) is 0 Å². The summed E-state index contributed by atoms with van der Waals surface area (Å²) < 4.78 is 11.9. The van der Waals surface area contributed by atoms with Crippen molar-refractivity contribution in [1.82, 2.24) is 4.90 Å². The summed E-state index contributed by atoms with van der Waals surface area (Å²) in [6.45, 7) is 9.72. The maximum absolute atomic E-state index is 14.6. The summed E-state index contributed by atoms with van der Waals surface area (Å²) in [7, 11) is 1.57. The minimum absolute atomic E-state index is 0.202. The molecular formula is C33H39N3O6. The largest absolute Gasteiger partial charge is 0.497 e. The Bertz CT molecular complexity index is 1330. The first-order valence-corrected chi connectivity index (χ1v) is 14.5. The number of rotatable bonds is 12. The molecule has 2 aromatic rings. The zero-order chi connectivity index (χ0) is 30.0. The van der Waals surface area contributed by atoms with E-state index in [1.165, 1.54) is 4.90 Å². The normalized spacial score (nSPS) is 26.5. The van der Waals surface area contributed by atoms with Gasteiger partial charge in [-0.1, -0.05) is 37.3 Å². The fourth-order valence-electron chi connectivity index (χ4n) is 7.06. The zero-order valence-corrected chi connectivity index (χ0v) is 24.2. The van der Waals surface area contributed by atoms with Crippen LogP contribution in [0.4, 0.5) is 11.4 Å². The van der Waals surface area contributed by atoms with Crippen LogP contribution in [0.25, 0.3) is 0 Å². The quantitative estimate of drug-likeness (QED) is 0.390. The molecule has 2 unspecified atom stereocenters. The van der Waals surface area contributed by atoms with Gasteiger partial charge in [0.25, 0.3) is 5.91 Å². The minimum Gasteiger partial charge on any atom is -0.497 e. The molecule has 6 atom stereocenters. The van der Waals surface area contributed by atoms with Crippen LogP contribution in [0.2, 0.25) is 0 Å². The van der Waals surface area contributed by atoms with Crippen LogP contribution in [0.15, 0.2) is 79.9 Å². The van der Waals surface area contributed by atoms with Crippen LogP contribution in [0.1, 0.15) is 26.2 Å². The van der Waals surface area contributed by atoms with Crippen molar-refractivity contribution in [3.8, 4) is 5.75 Å². The summed E-state index contributed by atoms with van der Waals surface area (Å²) >= 11 is 0. The molecule has 3 aliphatic heterocycles. The van der Waals surface area contributed by atoms with Gasteiger partial charge in [0.2, 0.25) is 11.8 Å². The lowest BCUT2D eigenvalue weighted by Gasteiger charge is -2.39. The Morgan fingerprint density at radius 1 is 1.07 bits per heavy atom.